The fourth-order valence-electron chi connectivity index (χ4n) is 4.50. The van der Waals surface area contributed by atoms with Crippen LogP contribution in [0.4, 0.5) is 0 Å². The van der Waals surface area contributed by atoms with E-state index in [0.717, 1.165) is 18.3 Å². The summed E-state index contributed by atoms with van der Waals surface area (Å²) in [6, 6.07) is 0.0824. The van der Waals surface area contributed by atoms with Crippen LogP contribution in [0.1, 0.15) is 25.7 Å². The van der Waals surface area contributed by atoms with Crippen LogP contribution >= 0.6 is 11.6 Å². The SMILES string of the molecule is COCC(CCCl)NC(=O)C1C2C3CCC(C3)C12. The molecule has 3 rings (SSSR count). The van der Waals surface area contributed by atoms with Crippen molar-refractivity contribution in [1.29, 1.82) is 0 Å². The molecule has 1 amide bonds. The number of ether oxygens (including phenoxy) is 1. The van der Waals surface area contributed by atoms with Gasteiger partial charge < -0.3 is 10.1 Å². The minimum absolute atomic E-state index is 0.0824. The highest BCUT2D eigenvalue weighted by Gasteiger charge is 2.67. The molecule has 1 N–H and O–H groups in total. The van der Waals surface area contributed by atoms with Crippen LogP contribution in [-0.4, -0.2) is 31.5 Å². The van der Waals surface area contributed by atoms with Gasteiger partial charge in [0.05, 0.1) is 12.6 Å². The summed E-state index contributed by atoms with van der Waals surface area (Å²) in [6.45, 7) is 0.563. The first-order chi connectivity index (χ1) is 8.76. The number of methoxy groups -OCH3 is 1. The van der Waals surface area contributed by atoms with E-state index in [2.05, 4.69) is 5.32 Å². The lowest BCUT2D eigenvalue weighted by molar-refractivity contribution is -0.124. The van der Waals surface area contributed by atoms with Crippen LogP contribution in [0.25, 0.3) is 0 Å². The molecule has 0 heterocycles. The maximum Gasteiger partial charge on any atom is 0.224 e. The van der Waals surface area contributed by atoms with E-state index in [1.54, 1.807) is 7.11 Å². The van der Waals surface area contributed by atoms with Crippen LogP contribution in [0, 0.1) is 29.6 Å². The van der Waals surface area contributed by atoms with E-state index in [1.165, 1.54) is 19.3 Å². The molecule has 0 saturated heterocycles. The Labute approximate surface area is 114 Å². The molecule has 0 aliphatic heterocycles. The van der Waals surface area contributed by atoms with Gasteiger partial charge in [-0.05, 0) is 49.4 Å². The van der Waals surface area contributed by atoms with Crippen LogP contribution in [0.3, 0.4) is 0 Å². The summed E-state index contributed by atoms with van der Waals surface area (Å²) >= 11 is 5.76. The lowest BCUT2D eigenvalue weighted by Crippen LogP contribution is -2.40. The molecule has 3 aliphatic rings. The zero-order chi connectivity index (χ0) is 12.7. The molecule has 4 heteroatoms. The molecule has 0 aromatic heterocycles. The van der Waals surface area contributed by atoms with Gasteiger partial charge in [-0.3, -0.25) is 4.79 Å². The smallest absolute Gasteiger partial charge is 0.224 e. The second kappa shape index (κ2) is 5.01. The molecule has 3 saturated carbocycles. The molecular formula is C14H22ClNO2. The molecule has 5 unspecified atom stereocenters. The summed E-state index contributed by atoms with van der Waals surface area (Å²) in [5.74, 6) is 4.26. The van der Waals surface area contributed by atoms with Gasteiger partial charge in [-0.15, -0.1) is 11.6 Å². The second-order valence-electron chi connectivity index (χ2n) is 6.15. The Hall–Kier alpha value is -0.280. The predicted molar refractivity (Wildman–Crippen MR) is 70.4 cm³/mol. The number of hydrogen-bond acceptors (Lipinski definition) is 2. The Morgan fingerprint density at radius 1 is 1.39 bits per heavy atom. The molecule has 3 aliphatic carbocycles. The summed E-state index contributed by atoms with van der Waals surface area (Å²) in [7, 11) is 1.67. The van der Waals surface area contributed by atoms with Crippen LogP contribution in [0.2, 0.25) is 0 Å². The van der Waals surface area contributed by atoms with E-state index < -0.39 is 0 Å². The molecule has 102 valence electrons. The number of carbonyl (C=O) groups is 1. The third-order valence-corrected chi connectivity index (χ3v) is 5.43. The van der Waals surface area contributed by atoms with Crippen molar-refractivity contribution in [3.63, 3.8) is 0 Å². The Morgan fingerprint density at radius 3 is 2.61 bits per heavy atom. The summed E-state index contributed by atoms with van der Waals surface area (Å²) < 4.78 is 5.13. The van der Waals surface area contributed by atoms with Gasteiger partial charge in [0, 0.05) is 18.9 Å². The van der Waals surface area contributed by atoms with E-state index in [4.69, 9.17) is 16.3 Å². The van der Waals surface area contributed by atoms with E-state index >= 15 is 0 Å². The maximum absolute atomic E-state index is 12.3. The topological polar surface area (TPSA) is 38.3 Å². The number of halogens is 1. The van der Waals surface area contributed by atoms with Gasteiger partial charge in [-0.1, -0.05) is 0 Å². The molecule has 3 nitrogen and oxygen atoms in total. The Kier molecular flexibility index (Phi) is 3.55. The van der Waals surface area contributed by atoms with Crippen molar-refractivity contribution in [2.45, 2.75) is 31.7 Å². The van der Waals surface area contributed by atoms with Crippen LogP contribution in [0.5, 0.6) is 0 Å². The van der Waals surface area contributed by atoms with Gasteiger partial charge in [-0.25, -0.2) is 0 Å². The molecule has 0 aromatic carbocycles. The number of nitrogens with one attached hydrogen (secondary N) is 1. The van der Waals surface area contributed by atoms with Gasteiger partial charge in [0.25, 0.3) is 0 Å². The minimum Gasteiger partial charge on any atom is -0.383 e. The lowest BCUT2D eigenvalue weighted by Gasteiger charge is -2.18. The number of amides is 1. The molecule has 0 aromatic rings. The Bertz CT molecular complexity index is 314. The zero-order valence-electron chi connectivity index (χ0n) is 10.9. The molecule has 0 spiro atoms. The van der Waals surface area contributed by atoms with Crippen molar-refractivity contribution < 1.29 is 9.53 Å². The molecular weight excluding hydrogens is 250 g/mol. The third-order valence-electron chi connectivity index (χ3n) is 5.21. The van der Waals surface area contributed by atoms with Gasteiger partial charge in [0.2, 0.25) is 5.91 Å². The highest BCUT2D eigenvalue weighted by Crippen LogP contribution is 2.69. The van der Waals surface area contributed by atoms with Gasteiger partial charge in [0.15, 0.2) is 0 Å². The largest absolute Gasteiger partial charge is 0.383 e. The average Bonchev–Trinajstić information content (AvgIpc) is 2.80. The van der Waals surface area contributed by atoms with Crippen molar-refractivity contribution in [2.24, 2.45) is 29.6 Å². The zero-order valence-corrected chi connectivity index (χ0v) is 11.7. The first-order valence-corrected chi connectivity index (χ1v) is 7.65. The fraction of sp³-hybridized carbons (Fsp3) is 0.929. The van der Waals surface area contributed by atoms with Gasteiger partial charge >= 0.3 is 0 Å². The van der Waals surface area contributed by atoms with E-state index in [0.29, 0.717) is 30.2 Å². The summed E-state index contributed by atoms with van der Waals surface area (Å²) in [5, 5.41) is 3.13. The Morgan fingerprint density at radius 2 is 2.06 bits per heavy atom. The second-order valence-corrected chi connectivity index (χ2v) is 6.53. The lowest BCUT2D eigenvalue weighted by atomic mass is 10.0. The van der Waals surface area contributed by atoms with Crippen molar-refractivity contribution in [3.8, 4) is 0 Å². The monoisotopic (exact) mass is 271 g/mol. The summed E-state index contributed by atoms with van der Waals surface area (Å²) in [5.41, 5.74) is 0. The van der Waals surface area contributed by atoms with Crippen LogP contribution < -0.4 is 5.32 Å². The highest BCUT2D eigenvalue weighted by atomic mass is 35.5. The van der Waals surface area contributed by atoms with Gasteiger partial charge in [0.1, 0.15) is 0 Å². The summed E-state index contributed by atoms with van der Waals surface area (Å²) in [6.07, 6.45) is 4.90. The summed E-state index contributed by atoms with van der Waals surface area (Å²) in [4.78, 5) is 12.3. The van der Waals surface area contributed by atoms with Crippen molar-refractivity contribution in [1.82, 2.24) is 5.32 Å². The fourth-order valence-corrected chi connectivity index (χ4v) is 4.77. The minimum atomic E-state index is 0.0824. The van der Waals surface area contributed by atoms with E-state index in [1.807, 2.05) is 0 Å². The highest BCUT2D eigenvalue weighted by molar-refractivity contribution is 6.17. The number of hydrogen-bond donors (Lipinski definition) is 1. The molecule has 0 radical (unpaired) electrons. The van der Waals surface area contributed by atoms with Crippen LogP contribution in [0.15, 0.2) is 0 Å². The first-order valence-electron chi connectivity index (χ1n) is 7.11. The standard InChI is InChI=1S/C14H22ClNO2/c1-18-7-10(4-5-15)16-14(17)13-11-8-2-3-9(6-8)12(11)13/h8-13H,2-7H2,1H3,(H,16,17). The number of rotatable bonds is 6. The van der Waals surface area contributed by atoms with Crippen molar-refractivity contribution in [2.75, 3.05) is 19.6 Å². The first kappa shape index (κ1) is 12.7. The van der Waals surface area contributed by atoms with Crippen LogP contribution in [-0.2, 0) is 9.53 Å². The average molecular weight is 272 g/mol. The quantitative estimate of drug-likeness (QED) is 0.751. The molecule has 2 bridgehead atoms. The Balaban J connectivity index is 1.53. The van der Waals surface area contributed by atoms with E-state index in [-0.39, 0.29) is 11.9 Å². The molecule has 3 fully saturated rings. The van der Waals surface area contributed by atoms with Crippen molar-refractivity contribution >= 4 is 17.5 Å². The van der Waals surface area contributed by atoms with Crippen molar-refractivity contribution in [3.05, 3.63) is 0 Å². The maximum atomic E-state index is 12.3. The number of carbonyl (C=O) groups excluding carboxylic acids is 1. The molecule has 5 atom stereocenters. The third kappa shape index (κ3) is 2.05. The predicted octanol–water partition coefficient (Wildman–Crippen LogP) is 2.04. The molecule has 18 heavy (non-hydrogen) atoms. The van der Waals surface area contributed by atoms with Gasteiger partial charge in [-0.2, -0.15) is 0 Å². The normalized spacial score (nSPS) is 41.6. The number of fused-ring (bicyclic) bond motifs is 5. The number of alkyl halides is 1. The van der Waals surface area contributed by atoms with E-state index in [9.17, 15) is 4.79 Å².